The summed E-state index contributed by atoms with van der Waals surface area (Å²) in [6.07, 6.45) is 4.59. The van der Waals surface area contributed by atoms with Crippen molar-refractivity contribution in [1.82, 2.24) is 9.55 Å². The Morgan fingerprint density at radius 1 is 1.40 bits per heavy atom. The highest BCUT2D eigenvalue weighted by atomic mass is 16.5. The fraction of sp³-hybridized carbons (Fsp3) is 0.700. The first-order valence-electron chi connectivity index (χ1n) is 5.15. The predicted molar refractivity (Wildman–Crippen MR) is 57.7 cm³/mol. The number of hydrogen-bond acceptors (Lipinski definition) is 4. The molecule has 5 heteroatoms. The lowest BCUT2D eigenvalue weighted by molar-refractivity contribution is 0.132. The molecule has 0 aliphatic heterocycles. The van der Waals surface area contributed by atoms with E-state index < -0.39 is 0 Å². The quantitative estimate of drug-likeness (QED) is 0.620. The summed E-state index contributed by atoms with van der Waals surface area (Å²) in [5.74, 6) is 1.04. The van der Waals surface area contributed by atoms with Crippen molar-refractivity contribution < 1.29 is 9.47 Å². The van der Waals surface area contributed by atoms with Gasteiger partial charge in [-0.25, -0.2) is 4.98 Å². The van der Waals surface area contributed by atoms with Gasteiger partial charge in [0.1, 0.15) is 5.82 Å². The van der Waals surface area contributed by atoms with Crippen molar-refractivity contribution in [2.75, 3.05) is 33.5 Å². The van der Waals surface area contributed by atoms with Crippen LogP contribution in [0.4, 0.5) is 0 Å². The summed E-state index contributed by atoms with van der Waals surface area (Å²) in [4.78, 5) is 4.26. The van der Waals surface area contributed by atoms with Crippen LogP contribution < -0.4 is 5.73 Å². The molecule has 0 saturated heterocycles. The second-order valence-electron chi connectivity index (χ2n) is 3.18. The van der Waals surface area contributed by atoms with E-state index in [-0.39, 0.29) is 0 Å². The maximum absolute atomic E-state index is 5.32. The molecule has 1 heterocycles. The van der Waals surface area contributed by atoms with E-state index in [0.717, 1.165) is 18.8 Å². The van der Waals surface area contributed by atoms with Gasteiger partial charge in [-0.1, -0.05) is 0 Å². The van der Waals surface area contributed by atoms with Crippen molar-refractivity contribution in [2.45, 2.75) is 13.0 Å². The van der Waals surface area contributed by atoms with Crippen LogP contribution in [0.2, 0.25) is 0 Å². The zero-order valence-electron chi connectivity index (χ0n) is 9.19. The molecular formula is C10H19N3O2. The molecule has 0 aliphatic carbocycles. The smallest absolute Gasteiger partial charge is 0.111 e. The van der Waals surface area contributed by atoms with E-state index in [9.17, 15) is 0 Å². The van der Waals surface area contributed by atoms with E-state index in [1.807, 2.05) is 6.20 Å². The molecular weight excluding hydrogens is 194 g/mol. The molecule has 0 fully saturated rings. The third-order valence-electron chi connectivity index (χ3n) is 2.07. The van der Waals surface area contributed by atoms with Crippen LogP contribution in [0.1, 0.15) is 5.82 Å². The minimum absolute atomic E-state index is 0.570. The van der Waals surface area contributed by atoms with Crippen LogP contribution in [0.3, 0.4) is 0 Å². The first kappa shape index (κ1) is 12.2. The normalized spacial score (nSPS) is 10.8. The van der Waals surface area contributed by atoms with Gasteiger partial charge in [0, 0.05) is 39.0 Å². The van der Waals surface area contributed by atoms with Gasteiger partial charge in [-0.3, -0.25) is 0 Å². The number of aromatic nitrogens is 2. The minimum Gasteiger partial charge on any atom is -0.384 e. The minimum atomic E-state index is 0.570. The Hall–Kier alpha value is -0.910. The van der Waals surface area contributed by atoms with Crippen molar-refractivity contribution in [3.8, 4) is 0 Å². The zero-order valence-corrected chi connectivity index (χ0v) is 9.19. The van der Waals surface area contributed by atoms with Crippen LogP contribution in [0.15, 0.2) is 12.4 Å². The summed E-state index contributed by atoms with van der Waals surface area (Å²) < 4.78 is 12.4. The molecule has 0 bridgehead atoms. The van der Waals surface area contributed by atoms with E-state index in [2.05, 4.69) is 9.55 Å². The lowest BCUT2D eigenvalue weighted by Gasteiger charge is -2.07. The topological polar surface area (TPSA) is 62.3 Å². The zero-order chi connectivity index (χ0) is 10.9. The molecule has 86 valence electrons. The molecule has 0 unspecified atom stereocenters. The first-order chi connectivity index (χ1) is 7.38. The molecule has 15 heavy (non-hydrogen) atoms. The number of hydrogen-bond donors (Lipinski definition) is 1. The SMILES string of the molecule is COCCc1nccn1CCOCCN. The van der Waals surface area contributed by atoms with Gasteiger partial charge in [0.25, 0.3) is 0 Å². The summed E-state index contributed by atoms with van der Waals surface area (Å²) in [7, 11) is 1.69. The Morgan fingerprint density at radius 2 is 2.27 bits per heavy atom. The van der Waals surface area contributed by atoms with Crippen LogP contribution in [0, 0.1) is 0 Å². The van der Waals surface area contributed by atoms with Gasteiger partial charge in [0.15, 0.2) is 0 Å². The number of imidazole rings is 1. The maximum Gasteiger partial charge on any atom is 0.111 e. The molecule has 1 aromatic rings. The third-order valence-corrected chi connectivity index (χ3v) is 2.07. The van der Waals surface area contributed by atoms with Crippen LogP contribution in [0.5, 0.6) is 0 Å². The van der Waals surface area contributed by atoms with E-state index in [4.69, 9.17) is 15.2 Å². The van der Waals surface area contributed by atoms with Crippen molar-refractivity contribution in [3.63, 3.8) is 0 Å². The molecule has 0 radical (unpaired) electrons. The van der Waals surface area contributed by atoms with Gasteiger partial charge in [-0.15, -0.1) is 0 Å². The molecule has 0 saturated carbocycles. The van der Waals surface area contributed by atoms with Crippen molar-refractivity contribution >= 4 is 0 Å². The van der Waals surface area contributed by atoms with E-state index >= 15 is 0 Å². The summed E-state index contributed by atoms with van der Waals surface area (Å²) in [5, 5.41) is 0. The molecule has 0 aliphatic rings. The summed E-state index contributed by atoms with van der Waals surface area (Å²) in [6.45, 7) is 3.37. The summed E-state index contributed by atoms with van der Waals surface area (Å²) >= 11 is 0. The highest BCUT2D eigenvalue weighted by Gasteiger charge is 2.01. The Morgan fingerprint density at radius 3 is 3.00 bits per heavy atom. The summed E-state index contributed by atoms with van der Waals surface area (Å²) in [5.41, 5.74) is 5.32. The standard InChI is InChI=1S/C10H19N3O2/c1-14-7-2-10-12-4-5-13(10)6-9-15-8-3-11/h4-5H,2-3,6-9,11H2,1H3. The summed E-state index contributed by atoms with van der Waals surface area (Å²) in [6, 6.07) is 0. The lowest BCUT2D eigenvalue weighted by Crippen LogP contribution is -2.14. The van der Waals surface area contributed by atoms with Gasteiger partial charge in [-0.05, 0) is 0 Å². The van der Waals surface area contributed by atoms with Gasteiger partial charge in [0.2, 0.25) is 0 Å². The molecule has 0 atom stereocenters. The van der Waals surface area contributed by atoms with E-state index in [1.54, 1.807) is 13.3 Å². The number of rotatable bonds is 8. The predicted octanol–water partition coefficient (Wildman–Crippen LogP) is 0.0473. The Labute approximate surface area is 90.2 Å². The fourth-order valence-corrected chi connectivity index (χ4v) is 1.31. The lowest BCUT2D eigenvalue weighted by atomic mass is 10.4. The molecule has 1 aromatic heterocycles. The molecule has 0 spiro atoms. The van der Waals surface area contributed by atoms with E-state index in [1.165, 1.54) is 0 Å². The highest BCUT2D eigenvalue weighted by molar-refractivity contribution is 4.92. The van der Waals surface area contributed by atoms with Crippen LogP contribution in [0.25, 0.3) is 0 Å². The van der Waals surface area contributed by atoms with Gasteiger partial charge in [0.05, 0.1) is 19.8 Å². The maximum atomic E-state index is 5.32. The van der Waals surface area contributed by atoms with Gasteiger partial charge >= 0.3 is 0 Å². The second kappa shape index (κ2) is 7.39. The fourth-order valence-electron chi connectivity index (χ4n) is 1.31. The molecule has 0 amide bonds. The van der Waals surface area contributed by atoms with Gasteiger partial charge < -0.3 is 19.8 Å². The Bertz CT molecular complexity index is 263. The van der Waals surface area contributed by atoms with Gasteiger partial charge in [-0.2, -0.15) is 0 Å². The van der Waals surface area contributed by atoms with Crippen LogP contribution >= 0.6 is 0 Å². The number of methoxy groups -OCH3 is 1. The molecule has 0 aromatic carbocycles. The monoisotopic (exact) mass is 213 g/mol. The number of nitrogens with two attached hydrogens (primary N) is 1. The Balaban J connectivity index is 2.29. The van der Waals surface area contributed by atoms with Crippen molar-refractivity contribution in [2.24, 2.45) is 5.73 Å². The highest BCUT2D eigenvalue weighted by Crippen LogP contribution is 1.99. The largest absolute Gasteiger partial charge is 0.384 e. The van der Waals surface area contributed by atoms with E-state index in [0.29, 0.717) is 26.4 Å². The first-order valence-corrected chi connectivity index (χ1v) is 5.15. The van der Waals surface area contributed by atoms with Crippen molar-refractivity contribution in [1.29, 1.82) is 0 Å². The number of nitrogens with zero attached hydrogens (tertiary/aromatic N) is 2. The van der Waals surface area contributed by atoms with Crippen LogP contribution in [-0.4, -0.2) is 43.0 Å². The third kappa shape index (κ3) is 4.42. The molecule has 2 N–H and O–H groups in total. The van der Waals surface area contributed by atoms with Crippen LogP contribution in [-0.2, 0) is 22.4 Å². The van der Waals surface area contributed by atoms with Crippen molar-refractivity contribution in [3.05, 3.63) is 18.2 Å². The molecule has 1 rings (SSSR count). The second-order valence-corrected chi connectivity index (χ2v) is 3.18. The number of ether oxygens (including phenoxy) is 2. The molecule has 5 nitrogen and oxygen atoms in total. The average Bonchev–Trinajstić information content (AvgIpc) is 2.69. The average molecular weight is 213 g/mol. The Kier molecular flexibility index (Phi) is 5.99.